The lowest BCUT2D eigenvalue weighted by Crippen LogP contribution is -2.25. The van der Waals surface area contributed by atoms with Gasteiger partial charge < -0.3 is 28.4 Å². The van der Waals surface area contributed by atoms with Crippen LogP contribution in [0.3, 0.4) is 0 Å². The Morgan fingerprint density at radius 2 is 1.03 bits per heavy atom. The summed E-state index contributed by atoms with van der Waals surface area (Å²) in [4.78, 5) is 23.9. The molecule has 0 aromatic rings. The van der Waals surface area contributed by atoms with E-state index in [1.165, 1.54) is 0 Å². The fraction of sp³-hybridized carbons (Fsp3) is 0.905. The summed E-state index contributed by atoms with van der Waals surface area (Å²) < 4.78 is 31.6. The van der Waals surface area contributed by atoms with Gasteiger partial charge in [-0.2, -0.15) is 0 Å². The zero-order valence-electron chi connectivity index (χ0n) is 18.6. The van der Waals surface area contributed by atoms with Crippen molar-refractivity contribution >= 4 is 11.9 Å². The van der Waals surface area contributed by atoms with Crippen molar-refractivity contribution in [1.82, 2.24) is 0 Å². The van der Waals surface area contributed by atoms with Crippen LogP contribution in [0.4, 0.5) is 0 Å². The molecule has 0 aromatic carbocycles. The van der Waals surface area contributed by atoms with Crippen LogP contribution in [0.25, 0.3) is 0 Å². The van der Waals surface area contributed by atoms with Gasteiger partial charge in [-0.25, -0.2) is 0 Å². The predicted octanol–water partition coefficient (Wildman–Crippen LogP) is 2.62. The van der Waals surface area contributed by atoms with E-state index in [2.05, 4.69) is 0 Å². The van der Waals surface area contributed by atoms with Crippen molar-refractivity contribution in [3.05, 3.63) is 0 Å². The molecule has 0 aliphatic carbocycles. The largest absolute Gasteiger partial charge is 0.463 e. The molecular weight excluding hydrogens is 380 g/mol. The standard InChI is InChI=1S/C21H40O8/c1-5-7-24-9-11-26-13-15-28-20(22)17-18(3)19(4)21(23)29-16-14-27-12-10-25-8-6-2/h18-19H,5-17H2,1-4H3. The molecule has 0 radical (unpaired) electrons. The van der Waals surface area contributed by atoms with Gasteiger partial charge in [-0.05, 0) is 18.8 Å². The molecule has 0 aromatic heterocycles. The maximum atomic E-state index is 12.1. The Morgan fingerprint density at radius 3 is 1.52 bits per heavy atom. The van der Waals surface area contributed by atoms with E-state index in [0.717, 1.165) is 26.1 Å². The second kappa shape index (κ2) is 20.1. The predicted molar refractivity (Wildman–Crippen MR) is 109 cm³/mol. The van der Waals surface area contributed by atoms with Crippen LogP contribution in [-0.2, 0) is 38.0 Å². The number of esters is 2. The van der Waals surface area contributed by atoms with Crippen molar-refractivity contribution in [2.75, 3.05) is 66.1 Å². The molecule has 0 heterocycles. The van der Waals surface area contributed by atoms with Gasteiger partial charge in [0.1, 0.15) is 13.2 Å². The zero-order valence-corrected chi connectivity index (χ0v) is 18.6. The number of carbonyl (C=O) groups excluding carboxylic acids is 2. The van der Waals surface area contributed by atoms with Crippen molar-refractivity contribution < 1.29 is 38.0 Å². The SMILES string of the molecule is CCCOCCOCCOC(=O)CC(C)C(C)C(=O)OCCOCCOCCC. The Kier molecular flexibility index (Phi) is 19.2. The molecule has 29 heavy (non-hydrogen) atoms. The molecule has 8 heteroatoms. The second-order valence-corrected chi connectivity index (χ2v) is 6.81. The smallest absolute Gasteiger partial charge is 0.309 e. The van der Waals surface area contributed by atoms with Crippen LogP contribution in [-0.4, -0.2) is 78.0 Å². The van der Waals surface area contributed by atoms with Crippen LogP contribution in [0.15, 0.2) is 0 Å². The fourth-order valence-electron chi connectivity index (χ4n) is 2.21. The number of carbonyl (C=O) groups is 2. The van der Waals surface area contributed by atoms with Crippen molar-refractivity contribution in [2.45, 2.75) is 47.0 Å². The quantitative estimate of drug-likeness (QED) is 0.219. The monoisotopic (exact) mass is 420 g/mol. The van der Waals surface area contributed by atoms with Crippen LogP contribution in [0, 0.1) is 11.8 Å². The molecule has 2 unspecified atom stereocenters. The topological polar surface area (TPSA) is 89.5 Å². The van der Waals surface area contributed by atoms with E-state index in [9.17, 15) is 9.59 Å². The summed E-state index contributed by atoms with van der Waals surface area (Å²) in [6, 6.07) is 0. The summed E-state index contributed by atoms with van der Waals surface area (Å²) in [6.07, 6.45) is 2.11. The first-order chi connectivity index (χ1) is 14.0. The molecule has 0 fully saturated rings. The van der Waals surface area contributed by atoms with Gasteiger partial charge in [-0.3, -0.25) is 9.59 Å². The highest BCUT2D eigenvalue weighted by molar-refractivity contribution is 5.74. The summed E-state index contributed by atoms with van der Waals surface area (Å²) in [5.41, 5.74) is 0. The maximum absolute atomic E-state index is 12.1. The molecule has 0 saturated carbocycles. The van der Waals surface area contributed by atoms with Gasteiger partial charge in [0.15, 0.2) is 0 Å². The number of hydrogen-bond acceptors (Lipinski definition) is 8. The zero-order chi connectivity index (χ0) is 21.7. The minimum absolute atomic E-state index is 0.154. The van der Waals surface area contributed by atoms with Gasteiger partial charge in [-0.1, -0.05) is 27.7 Å². The van der Waals surface area contributed by atoms with E-state index in [-0.39, 0.29) is 37.5 Å². The highest BCUT2D eigenvalue weighted by Crippen LogP contribution is 2.17. The Morgan fingerprint density at radius 1 is 0.621 bits per heavy atom. The summed E-state index contributed by atoms with van der Waals surface area (Å²) in [5.74, 6) is -1.27. The second-order valence-electron chi connectivity index (χ2n) is 6.81. The molecular formula is C21H40O8. The van der Waals surface area contributed by atoms with Gasteiger partial charge in [0.05, 0.1) is 45.6 Å². The molecule has 8 nitrogen and oxygen atoms in total. The molecule has 2 atom stereocenters. The highest BCUT2D eigenvalue weighted by atomic mass is 16.6. The Bertz CT molecular complexity index is 402. The molecule has 172 valence electrons. The third-order valence-corrected chi connectivity index (χ3v) is 4.12. The molecule has 0 saturated heterocycles. The Hall–Kier alpha value is -1.22. The van der Waals surface area contributed by atoms with E-state index in [1.807, 2.05) is 20.8 Å². The molecule has 0 spiro atoms. The molecule has 0 rings (SSSR count). The number of rotatable bonds is 20. The Labute approximate surface area is 175 Å². The summed E-state index contributed by atoms with van der Waals surface area (Å²) in [5, 5.41) is 0. The molecule has 0 amide bonds. The van der Waals surface area contributed by atoms with E-state index in [0.29, 0.717) is 39.6 Å². The first-order valence-corrected chi connectivity index (χ1v) is 10.7. The molecule has 0 aliphatic heterocycles. The third-order valence-electron chi connectivity index (χ3n) is 4.12. The van der Waals surface area contributed by atoms with Crippen LogP contribution in [0.1, 0.15) is 47.0 Å². The average molecular weight is 421 g/mol. The van der Waals surface area contributed by atoms with Gasteiger partial charge in [0.2, 0.25) is 0 Å². The van der Waals surface area contributed by atoms with Crippen LogP contribution >= 0.6 is 0 Å². The van der Waals surface area contributed by atoms with E-state index in [4.69, 9.17) is 28.4 Å². The minimum Gasteiger partial charge on any atom is -0.463 e. The summed E-state index contributed by atoms with van der Waals surface area (Å²) >= 11 is 0. The van der Waals surface area contributed by atoms with Crippen molar-refractivity contribution in [2.24, 2.45) is 11.8 Å². The first-order valence-electron chi connectivity index (χ1n) is 10.7. The number of hydrogen-bond donors (Lipinski definition) is 0. The third kappa shape index (κ3) is 17.4. The number of ether oxygens (including phenoxy) is 6. The maximum Gasteiger partial charge on any atom is 0.309 e. The first kappa shape index (κ1) is 27.8. The minimum atomic E-state index is -0.401. The van der Waals surface area contributed by atoms with Crippen LogP contribution in [0.5, 0.6) is 0 Å². The lowest BCUT2D eigenvalue weighted by atomic mass is 9.93. The van der Waals surface area contributed by atoms with Crippen LogP contribution < -0.4 is 0 Å². The van der Waals surface area contributed by atoms with Crippen molar-refractivity contribution in [1.29, 1.82) is 0 Å². The van der Waals surface area contributed by atoms with E-state index >= 15 is 0 Å². The van der Waals surface area contributed by atoms with Gasteiger partial charge in [0.25, 0.3) is 0 Å². The van der Waals surface area contributed by atoms with Gasteiger partial charge in [-0.15, -0.1) is 0 Å². The van der Waals surface area contributed by atoms with E-state index in [1.54, 1.807) is 6.92 Å². The van der Waals surface area contributed by atoms with Gasteiger partial charge >= 0.3 is 11.9 Å². The fourth-order valence-corrected chi connectivity index (χ4v) is 2.21. The lowest BCUT2D eigenvalue weighted by molar-refractivity contribution is -0.153. The van der Waals surface area contributed by atoms with Crippen molar-refractivity contribution in [3.63, 3.8) is 0 Å². The average Bonchev–Trinajstić information content (AvgIpc) is 2.71. The molecule has 0 aliphatic rings. The molecule has 0 N–H and O–H groups in total. The molecule has 0 bridgehead atoms. The summed E-state index contributed by atoms with van der Waals surface area (Å²) in [6.45, 7) is 12.2. The summed E-state index contributed by atoms with van der Waals surface area (Å²) in [7, 11) is 0. The van der Waals surface area contributed by atoms with Gasteiger partial charge in [0, 0.05) is 19.6 Å². The van der Waals surface area contributed by atoms with Crippen LogP contribution in [0.2, 0.25) is 0 Å². The lowest BCUT2D eigenvalue weighted by Gasteiger charge is -2.18. The van der Waals surface area contributed by atoms with Crippen molar-refractivity contribution in [3.8, 4) is 0 Å². The highest BCUT2D eigenvalue weighted by Gasteiger charge is 2.24. The normalized spacial score (nSPS) is 13.1. The Balaban J connectivity index is 3.70. The van der Waals surface area contributed by atoms with E-state index < -0.39 is 5.92 Å².